The van der Waals surface area contributed by atoms with Crippen LogP contribution in [0.1, 0.15) is 51.4 Å². The van der Waals surface area contributed by atoms with E-state index in [0.29, 0.717) is 31.5 Å². The van der Waals surface area contributed by atoms with Crippen LogP contribution in [0.25, 0.3) is 0 Å². The van der Waals surface area contributed by atoms with Crippen LogP contribution in [0.15, 0.2) is 0 Å². The van der Waals surface area contributed by atoms with E-state index in [4.69, 9.17) is 4.74 Å². The van der Waals surface area contributed by atoms with Gasteiger partial charge in [-0.1, -0.05) is 12.8 Å². The van der Waals surface area contributed by atoms with Crippen LogP contribution >= 0.6 is 0 Å². The maximum atomic E-state index is 12.5. The number of likely N-dealkylation sites (tertiary alicyclic amines) is 1. The topological polar surface area (TPSA) is 61.9 Å². The second-order valence-electron chi connectivity index (χ2n) is 8.07. The highest BCUT2D eigenvalue weighted by Crippen LogP contribution is 2.28. The maximum absolute atomic E-state index is 12.5. The van der Waals surface area contributed by atoms with Gasteiger partial charge in [0, 0.05) is 39.4 Å². The summed E-state index contributed by atoms with van der Waals surface area (Å²) in [6.07, 6.45) is 9.51. The zero-order valence-electron chi connectivity index (χ0n) is 15.7. The van der Waals surface area contributed by atoms with E-state index in [9.17, 15) is 8.42 Å². The van der Waals surface area contributed by atoms with E-state index in [2.05, 4.69) is 9.62 Å². The third kappa shape index (κ3) is 5.39. The Balaban J connectivity index is 1.38. The van der Waals surface area contributed by atoms with Gasteiger partial charge in [-0.15, -0.1) is 0 Å². The summed E-state index contributed by atoms with van der Waals surface area (Å²) in [4.78, 5) is 2.64. The minimum absolute atomic E-state index is 0.485. The lowest BCUT2D eigenvalue weighted by Gasteiger charge is -2.36. The van der Waals surface area contributed by atoms with Gasteiger partial charge in [0.15, 0.2) is 0 Å². The summed E-state index contributed by atoms with van der Waals surface area (Å²) in [6.45, 7) is 4.84. The van der Waals surface area contributed by atoms with Crippen molar-refractivity contribution in [2.24, 2.45) is 11.8 Å². The van der Waals surface area contributed by atoms with Crippen molar-refractivity contribution in [3.63, 3.8) is 0 Å². The SMILES string of the molecule is COCC1CCN(S(=O)(=O)NCC2CCN(C3CCCC3)CC2)CC1. The molecule has 0 radical (unpaired) electrons. The highest BCUT2D eigenvalue weighted by Gasteiger charge is 2.30. The fraction of sp³-hybridized carbons (Fsp3) is 1.00. The van der Waals surface area contributed by atoms with Crippen molar-refractivity contribution in [1.29, 1.82) is 0 Å². The number of ether oxygens (including phenoxy) is 1. The van der Waals surface area contributed by atoms with Gasteiger partial charge < -0.3 is 9.64 Å². The number of hydrogen-bond acceptors (Lipinski definition) is 4. The number of rotatable bonds is 7. The third-order valence-electron chi connectivity index (χ3n) is 6.36. The molecule has 2 aliphatic heterocycles. The number of hydrogen-bond donors (Lipinski definition) is 1. The Morgan fingerprint density at radius 3 is 2.12 bits per heavy atom. The van der Waals surface area contributed by atoms with E-state index in [1.807, 2.05) is 0 Å². The molecule has 1 saturated carbocycles. The lowest BCUT2D eigenvalue weighted by molar-refractivity contribution is 0.120. The molecule has 1 aliphatic carbocycles. The van der Waals surface area contributed by atoms with Gasteiger partial charge in [-0.2, -0.15) is 12.7 Å². The molecular formula is C18H35N3O3S. The average Bonchev–Trinajstić information content (AvgIpc) is 3.16. The van der Waals surface area contributed by atoms with E-state index in [1.165, 1.54) is 25.7 Å². The maximum Gasteiger partial charge on any atom is 0.279 e. The monoisotopic (exact) mass is 373 g/mol. The smallest absolute Gasteiger partial charge is 0.279 e. The molecule has 0 aromatic carbocycles. The molecule has 0 atom stereocenters. The summed E-state index contributed by atoms with van der Waals surface area (Å²) in [6, 6.07) is 0.797. The van der Waals surface area contributed by atoms with Crippen LogP contribution in [0.4, 0.5) is 0 Å². The van der Waals surface area contributed by atoms with Gasteiger partial charge in [-0.3, -0.25) is 0 Å². The molecule has 7 heteroatoms. The van der Waals surface area contributed by atoms with E-state index in [-0.39, 0.29) is 0 Å². The Morgan fingerprint density at radius 2 is 1.52 bits per heavy atom. The lowest BCUT2D eigenvalue weighted by Crippen LogP contribution is -2.48. The first-order chi connectivity index (χ1) is 12.1. The largest absolute Gasteiger partial charge is 0.384 e. The molecule has 1 N–H and O–H groups in total. The van der Waals surface area contributed by atoms with Crippen molar-refractivity contribution in [2.75, 3.05) is 46.4 Å². The summed E-state index contributed by atoms with van der Waals surface area (Å²) in [5.41, 5.74) is 0. The molecule has 0 bridgehead atoms. The highest BCUT2D eigenvalue weighted by molar-refractivity contribution is 7.87. The minimum atomic E-state index is -3.32. The molecule has 0 aromatic rings. The summed E-state index contributed by atoms with van der Waals surface area (Å²) in [5.74, 6) is 0.981. The summed E-state index contributed by atoms with van der Waals surface area (Å²) >= 11 is 0. The van der Waals surface area contributed by atoms with E-state index >= 15 is 0 Å². The fourth-order valence-electron chi connectivity index (χ4n) is 4.66. The van der Waals surface area contributed by atoms with E-state index in [1.54, 1.807) is 11.4 Å². The van der Waals surface area contributed by atoms with Gasteiger partial charge in [-0.05, 0) is 63.5 Å². The van der Waals surface area contributed by atoms with Crippen LogP contribution in [-0.4, -0.2) is 70.1 Å². The van der Waals surface area contributed by atoms with Gasteiger partial charge in [0.2, 0.25) is 0 Å². The first kappa shape index (κ1) is 19.5. The van der Waals surface area contributed by atoms with Crippen molar-refractivity contribution in [3.8, 4) is 0 Å². The Bertz CT molecular complexity index is 492. The Morgan fingerprint density at radius 1 is 0.920 bits per heavy atom. The van der Waals surface area contributed by atoms with Crippen molar-refractivity contribution >= 4 is 10.2 Å². The second kappa shape index (κ2) is 9.13. The average molecular weight is 374 g/mol. The van der Waals surface area contributed by atoms with Crippen molar-refractivity contribution < 1.29 is 13.2 Å². The van der Waals surface area contributed by atoms with Crippen molar-refractivity contribution in [1.82, 2.24) is 13.9 Å². The Hall–Kier alpha value is -0.210. The van der Waals surface area contributed by atoms with Crippen LogP contribution in [0, 0.1) is 11.8 Å². The van der Waals surface area contributed by atoms with Gasteiger partial charge in [0.05, 0.1) is 0 Å². The predicted molar refractivity (Wildman–Crippen MR) is 99.6 cm³/mol. The van der Waals surface area contributed by atoms with Gasteiger partial charge in [0.25, 0.3) is 10.2 Å². The zero-order valence-corrected chi connectivity index (χ0v) is 16.5. The molecule has 0 aromatic heterocycles. The minimum Gasteiger partial charge on any atom is -0.384 e. The van der Waals surface area contributed by atoms with Crippen LogP contribution < -0.4 is 4.72 Å². The number of piperidine rings is 2. The van der Waals surface area contributed by atoms with Crippen LogP contribution in [0.3, 0.4) is 0 Å². The second-order valence-corrected chi connectivity index (χ2v) is 9.82. The molecule has 146 valence electrons. The number of methoxy groups -OCH3 is 1. The van der Waals surface area contributed by atoms with Crippen LogP contribution in [0.2, 0.25) is 0 Å². The number of nitrogens with zero attached hydrogens (tertiary/aromatic N) is 2. The summed E-state index contributed by atoms with van der Waals surface area (Å²) < 4.78 is 34.8. The molecule has 3 aliphatic rings. The van der Waals surface area contributed by atoms with Gasteiger partial charge >= 0.3 is 0 Å². The zero-order chi connectivity index (χ0) is 17.7. The molecule has 0 unspecified atom stereocenters. The van der Waals surface area contributed by atoms with Crippen LogP contribution in [0.5, 0.6) is 0 Å². The summed E-state index contributed by atoms with van der Waals surface area (Å²) in [5, 5.41) is 0. The predicted octanol–water partition coefficient (Wildman–Crippen LogP) is 1.83. The molecule has 25 heavy (non-hydrogen) atoms. The van der Waals surface area contributed by atoms with Crippen LogP contribution in [-0.2, 0) is 14.9 Å². The standard InChI is InChI=1S/C18H35N3O3S/c1-24-15-17-8-12-21(13-9-17)25(22,23)19-14-16-6-10-20(11-7-16)18-4-2-3-5-18/h16-19H,2-15H2,1H3. The Kier molecular flexibility index (Phi) is 7.14. The van der Waals surface area contributed by atoms with Gasteiger partial charge in [0.1, 0.15) is 0 Å². The normalized spacial score (nSPS) is 26.4. The molecule has 0 spiro atoms. The van der Waals surface area contributed by atoms with Gasteiger partial charge in [-0.25, -0.2) is 4.72 Å². The Labute approximate surface area is 153 Å². The van der Waals surface area contributed by atoms with Crippen molar-refractivity contribution in [2.45, 2.75) is 57.4 Å². The quantitative estimate of drug-likeness (QED) is 0.740. The molecule has 2 saturated heterocycles. The molecule has 3 rings (SSSR count). The van der Waals surface area contributed by atoms with E-state index in [0.717, 1.165) is 51.4 Å². The van der Waals surface area contributed by atoms with Crippen molar-refractivity contribution in [3.05, 3.63) is 0 Å². The first-order valence-corrected chi connectivity index (χ1v) is 11.5. The first-order valence-electron chi connectivity index (χ1n) is 10.1. The molecule has 3 fully saturated rings. The molecule has 2 heterocycles. The number of nitrogens with one attached hydrogen (secondary N) is 1. The highest BCUT2D eigenvalue weighted by atomic mass is 32.2. The molecular weight excluding hydrogens is 338 g/mol. The molecule has 6 nitrogen and oxygen atoms in total. The fourth-order valence-corrected chi connectivity index (χ4v) is 5.98. The molecule has 0 amide bonds. The summed E-state index contributed by atoms with van der Waals surface area (Å²) in [7, 11) is -1.61. The lowest BCUT2D eigenvalue weighted by atomic mass is 9.96. The van der Waals surface area contributed by atoms with E-state index < -0.39 is 10.2 Å². The third-order valence-corrected chi connectivity index (χ3v) is 7.94.